The number of nitrogens with two attached hydrogens (primary N) is 1. The van der Waals surface area contributed by atoms with Crippen molar-refractivity contribution in [3.8, 4) is 0 Å². The lowest BCUT2D eigenvalue weighted by atomic mass is 9.98. The minimum atomic E-state index is -0.568. The van der Waals surface area contributed by atoms with Gasteiger partial charge in [-0.2, -0.15) is 0 Å². The van der Waals surface area contributed by atoms with Gasteiger partial charge in [0.05, 0.1) is 0 Å². The molecule has 4 heteroatoms. The molecule has 0 aromatic rings. The van der Waals surface area contributed by atoms with Crippen LogP contribution in [0, 0.1) is 0 Å². The fraction of sp³-hybridized carbons (Fsp3) is 1.00. The van der Waals surface area contributed by atoms with Gasteiger partial charge in [-0.05, 0) is 0 Å². The lowest BCUT2D eigenvalue weighted by Gasteiger charge is -2.41. The zero-order valence-electron chi connectivity index (χ0n) is 4.47. The van der Waals surface area contributed by atoms with E-state index in [1.807, 2.05) is 3.11 Å². The van der Waals surface area contributed by atoms with Gasteiger partial charge in [-0.25, -0.2) is 3.11 Å². The van der Waals surface area contributed by atoms with E-state index in [0.717, 1.165) is 0 Å². The Bertz CT molecular complexity index is 92.0. The van der Waals surface area contributed by atoms with Crippen molar-refractivity contribution < 1.29 is 5.11 Å². The maximum Gasteiger partial charge on any atom is 0.104 e. The number of β-amino-alcohol motifs (C(OH)–C–C–N with tert-alkyl or cyclic N) is 1. The zero-order chi connectivity index (χ0) is 6.20. The molecular weight excluding hydrogens is 219 g/mol. The van der Waals surface area contributed by atoms with Gasteiger partial charge in [-0.15, -0.1) is 0 Å². The smallest absolute Gasteiger partial charge is 0.104 e. The molecule has 0 bridgehead atoms. The van der Waals surface area contributed by atoms with Crippen LogP contribution in [0.3, 0.4) is 0 Å². The Morgan fingerprint density at radius 2 is 2.25 bits per heavy atom. The first-order chi connectivity index (χ1) is 3.66. The summed E-state index contributed by atoms with van der Waals surface area (Å²) in [6.07, 6.45) is 0. The average Bonchev–Trinajstić information content (AvgIpc) is 1.63. The molecule has 0 aliphatic carbocycles. The van der Waals surface area contributed by atoms with E-state index in [1.54, 1.807) is 0 Å². The number of hydrogen-bond acceptors (Lipinski definition) is 3. The Morgan fingerprint density at radius 1 is 1.75 bits per heavy atom. The topological polar surface area (TPSA) is 49.5 Å². The second kappa shape index (κ2) is 2.09. The molecule has 0 amide bonds. The maximum atomic E-state index is 9.22. The number of halogens is 1. The third-order valence-corrected chi connectivity index (χ3v) is 1.99. The molecular formula is C4H9IN2O. The van der Waals surface area contributed by atoms with E-state index < -0.39 is 5.60 Å². The van der Waals surface area contributed by atoms with Crippen molar-refractivity contribution in [1.29, 1.82) is 0 Å². The lowest BCUT2D eigenvalue weighted by molar-refractivity contribution is -0.0378. The van der Waals surface area contributed by atoms with E-state index in [9.17, 15) is 5.11 Å². The van der Waals surface area contributed by atoms with Crippen molar-refractivity contribution in [1.82, 2.24) is 3.11 Å². The average molecular weight is 228 g/mol. The summed E-state index contributed by atoms with van der Waals surface area (Å²) in [6, 6.07) is 0. The molecule has 1 rings (SSSR count). The van der Waals surface area contributed by atoms with Gasteiger partial charge in [0, 0.05) is 42.5 Å². The first kappa shape index (κ1) is 6.73. The van der Waals surface area contributed by atoms with Crippen LogP contribution < -0.4 is 5.73 Å². The summed E-state index contributed by atoms with van der Waals surface area (Å²) >= 11 is 2.16. The fourth-order valence-electron chi connectivity index (χ4n) is 0.721. The molecule has 48 valence electrons. The lowest BCUT2D eigenvalue weighted by Crippen LogP contribution is -2.61. The fourth-order valence-corrected chi connectivity index (χ4v) is 1.99. The van der Waals surface area contributed by atoms with Gasteiger partial charge in [0.25, 0.3) is 0 Å². The van der Waals surface area contributed by atoms with Gasteiger partial charge in [0.15, 0.2) is 0 Å². The highest BCUT2D eigenvalue weighted by molar-refractivity contribution is 14.1. The summed E-state index contributed by atoms with van der Waals surface area (Å²) in [6.45, 7) is 1.81. The Balaban J connectivity index is 2.30. The van der Waals surface area contributed by atoms with E-state index in [1.165, 1.54) is 0 Å². The van der Waals surface area contributed by atoms with Crippen LogP contribution in [0.5, 0.6) is 0 Å². The second-order valence-corrected chi connectivity index (χ2v) is 3.57. The summed E-state index contributed by atoms with van der Waals surface area (Å²) in [7, 11) is 0. The van der Waals surface area contributed by atoms with E-state index in [0.29, 0.717) is 19.6 Å². The maximum absolute atomic E-state index is 9.22. The van der Waals surface area contributed by atoms with Gasteiger partial charge in [-0.3, -0.25) is 0 Å². The Hall–Kier alpha value is 0.610. The van der Waals surface area contributed by atoms with Crippen LogP contribution in [0.2, 0.25) is 0 Å². The summed E-state index contributed by atoms with van der Waals surface area (Å²) in [5.41, 5.74) is 4.68. The predicted octanol–water partition coefficient (Wildman–Crippen LogP) is -0.658. The highest BCUT2D eigenvalue weighted by atomic mass is 127. The van der Waals surface area contributed by atoms with Gasteiger partial charge in [-0.1, -0.05) is 0 Å². The molecule has 3 nitrogen and oxygen atoms in total. The minimum Gasteiger partial charge on any atom is -0.386 e. The molecule has 0 saturated carbocycles. The van der Waals surface area contributed by atoms with E-state index in [-0.39, 0.29) is 0 Å². The molecule has 0 aromatic carbocycles. The number of aliphatic hydroxyl groups is 1. The van der Waals surface area contributed by atoms with Crippen molar-refractivity contribution in [2.45, 2.75) is 5.60 Å². The Labute approximate surface area is 62.3 Å². The molecule has 1 aliphatic heterocycles. The normalized spacial score (nSPS) is 27.4. The Morgan fingerprint density at radius 3 is 2.38 bits per heavy atom. The van der Waals surface area contributed by atoms with Gasteiger partial charge in [0.1, 0.15) is 5.60 Å². The van der Waals surface area contributed by atoms with Crippen molar-refractivity contribution in [2.75, 3.05) is 19.6 Å². The van der Waals surface area contributed by atoms with Crippen LogP contribution >= 0.6 is 22.9 Å². The quantitative estimate of drug-likeness (QED) is 0.462. The molecule has 1 aliphatic rings. The molecule has 0 radical (unpaired) electrons. The van der Waals surface area contributed by atoms with E-state index in [2.05, 4.69) is 22.9 Å². The molecule has 8 heavy (non-hydrogen) atoms. The molecule has 3 N–H and O–H groups in total. The SMILES string of the molecule is NCC1(O)CN(I)C1. The summed E-state index contributed by atoms with van der Waals surface area (Å²) in [5, 5.41) is 9.22. The molecule has 0 atom stereocenters. The molecule has 0 spiro atoms. The first-order valence-corrected chi connectivity index (χ1v) is 3.46. The minimum absolute atomic E-state index is 0.381. The number of hydrogen-bond donors (Lipinski definition) is 2. The molecule has 0 aromatic heterocycles. The molecule has 1 saturated heterocycles. The predicted molar refractivity (Wildman–Crippen MR) is 39.6 cm³/mol. The highest BCUT2D eigenvalue weighted by Gasteiger charge is 2.38. The first-order valence-electron chi connectivity index (χ1n) is 2.49. The highest BCUT2D eigenvalue weighted by Crippen LogP contribution is 2.22. The largest absolute Gasteiger partial charge is 0.386 e. The molecule has 1 heterocycles. The van der Waals surface area contributed by atoms with E-state index >= 15 is 0 Å². The van der Waals surface area contributed by atoms with Crippen LogP contribution in [-0.2, 0) is 0 Å². The van der Waals surface area contributed by atoms with Gasteiger partial charge < -0.3 is 10.8 Å². The van der Waals surface area contributed by atoms with Crippen LogP contribution in [0.1, 0.15) is 0 Å². The Kier molecular flexibility index (Phi) is 1.76. The number of nitrogens with zero attached hydrogens (tertiary/aromatic N) is 1. The molecule has 1 fully saturated rings. The van der Waals surface area contributed by atoms with Crippen molar-refractivity contribution in [2.24, 2.45) is 5.73 Å². The van der Waals surface area contributed by atoms with Crippen LogP contribution in [-0.4, -0.2) is 33.5 Å². The monoisotopic (exact) mass is 228 g/mol. The number of rotatable bonds is 1. The second-order valence-electron chi connectivity index (χ2n) is 2.21. The van der Waals surface area contributed by atoms with E-state index in [4.69, 9.17) is 5.73 Å². The zero-order valence-corrected chi connectivity index (χ0v) is 6.63. The van der Waals surface area contributed by atoms with Crippen molar-refractivity contribution in [3.63, 3.8) is 0 Å². The van der Waals surface area contributed by atoms with Crippen LogP contribution in [0.25, 0.3) is 0 Å². The standard InChI is InChI=1S/C4H9IN2O/c5-7-2-4(8,1-6)3-7/h8H,1-3,6H2. The molecule has 0 unspecified atom stereocenters. The summed E-state index contributed by atoms with van der Waals surface area (Å²) in [4.78, 5) is 0. The van der Waals surface area contributed by atoms with Crippen molar-refractivity contribution >= 4 is 22.9 Å². The summed E-state index contributed by atoms with van der Waals surface area (Å²) < 4.78 is 2.00. The van der Waals surface area contributed by atoms with Gasteiger partial charge >= 0.3 is 0 Å². The van der Waals surface area contributed by atoms with Gasteiger partial charge in [0.2, 0.25) is 0 Å². The van der Waals surface area contributed by atoms with Crippen LogP contribution in [0.15, 0.2) is 0 Å². The third-order valence-electron chi connectivity index (χ3n) is 1.31. The van der Waals surface area contributed by atoms with Crippen molar-refractivity contribution in [3.05, 3.63) is 0 Å². The van der Waals surface area contributed by atoms with Crippen LogP contribution in [0.4, 0.5) is 0 Å². The third kappa shape index (κ3) is 1.12. The summed E-state index contributed by atoms with van der Waals surface area (Å²) in [5.74, 6) is 0.